The number of hydrogen-bond donors (Lipinski definition) is 3. The number of carbonyl (C=O) groups excluding carboxylic acids is 4. The molecule has 1 aromatic heterocycles. The third-order valence-corrected chi connectivity index (χ3v) is 10.8. The van der Waals surface area contributed by atoms with Crippen LogP contribution < -0.4 is 10.6 Å². The number of aliphatic carboxylic acids is 1. The molecule has 1 aliphatic carbocycles. The van der Waals surface area contributed by atoms with Gasteiger partial charge < -0.3 is 30.1 Å². The van der Waals surface area contributed by atoms with E-state index in [0.29, 0.717) is 11.4 Å². The molecular formula is C42H48N4O8S. The fraction of sp³-hybridized carbons (Fsp3) is 0.381. The van der Waals surface area contributed by atoms with Gasteiger partial charge in [-0.1, -0.05) is 99.6 Å². The Morgan fingerprint density at radius 3 is 2.11 bits per heavy atom. The van der Waals surface area contributed by atoms with Crippen molar-refractivity contribution in [2.24, 2.45) is 11.8 Å². The van der Waals surface area contributed by atoms with E-state index in [4.69, 9.17) is 9.47 Å². The number of nitrogens with zero attached hydrogens (tertiary/aromatic N) is 2. The molecule has 12 nitrogen and oxygen atoms in total. The van der Waals surface area contributed by atoms with Crippen molar-refractivity contribution in [2.45, 2.75) is 71.1 Å². The molecule has 0 saturated heterocycles. The largest absolute Gasteiger partial charge is 0.481 e. The van der Waals surface area contributed by atoms with Gasteiger partial charge in [-0.2, -0.15) is 0 Å². The van der Waals surface area contributed by atoms with Gasteiger partial charge in [0.25, 0.3) is 5.91 Å². The maximum Gasteiger partial charge on any atom is 0.407 e. The van der Waals surface area contributed by atoms with Crippen molar-refractivity contribution in [1.82, 2.24) is 20.5 Å². The fourth-order valence-electron chi connectivity index (χ4n) is 7.02. The summed E-state index contributed by atoms with van der Waals surface area (Å²) in [5.41, 5.74) is 5.45. The van der Waals surface area contributed by atoms with Crippen molar-refractivity contribution in [3.05, 3.63) is 112 Å². The highest BCUT2D eigenvalue weighted by Crippen LogP contribution is 2.44. The summed E-state index contributed by atoms with van der Waals surface area (Å²) < 4.78 is 11.3. The third kappa shape index (κ3) is 10.6. The molecule has 4 unspecified atom stereocenters. The molecule has 0 radical (unpaired) electrons. The number of ether oxygens (including phenoxy) is 2. The van der Waals surface area contributed by atoms with Gasteiger partial charge in [0.1, 0.15) is 23.9 Å². The molecule has 290 valence electrons. The number of aromatic nitrogens is 1. The average Bonchev–Trinajstić information content (AvgIpc) is 3.78. The predicted molar refractivity (Wildman–Crippen MR) is 209 cm³/mol. The number of carboxylic acid groups (broad SMARTS) is 1. The number of amides is 3. The Morgan fingerprint density at radius 2 is 1.51 bits per heavy atom. The van der Waals surface area contributed by atoms with Crippen LogP contribution in [0.15, 0.2) is 84.2 Å². The Kier molecular flexibility index (Phi) is 13.8. The Labute approximate surface area is 325 Å². The zero-order valence-electron chi connectivity index (χ0n) is 31.7. The van der Waals surface area contributed by atoms with Crippen molar-refractivity contribution in [3.8, 4) is 11.1 Å². The lowest BCUT2D eigenvalue weighted by molar-refractivity contribution is -0.148. The smallest absolute Gasteiger partial charge is 0.407 e. The summed E-state index contributed by atoms with van der Waals surface area (Å²) in [6.07, 6.45) is -0.737. The summed E-state index contributed by atoms with van der Waals surface area (Å²) >= 11 is 1.15. The summed E-state index contributed by atoms with van der Waals surface area (Å²) in [4.78, 5) is 69.6. The zero-order valence-corrected chi connectivity index (χ0v) is 32.5. The van der Waals surface area contributed by atoms with Crippen LogP contribution in [0.4, 0.5) is 4.79 Å². The molecular weight excluding hydrogens is 721 g/mol. The van der Waals surface area contributed by atoms with Crippen LogP contribution in [0.3, 0.4) is 0 Å². The number of carbonyl (C=O) groups is 5. The monoisotopic (exact) mass is 768 g/mol. The lowest BCUT2D eigenvalue weighted by atomic mass is 9.96. The maximum atomic E-state index is 13.4. The molecule has 0 saturated carbocycles. The van der Waals surface area contributed by atoms with Gasteiger partial charge in [0.15, 0.2) is 6.10 Å². The van der Waals surface area contributed by atoms with Crippen LogP contribution in [-0.2, 0) is 30.3 Å². The molecule has 3 aromatic carbocycles. The first-order valence-corrected chi connectivity index (χ1v) is 19.2. The first kappa shape index (κ1) is 40.6. The van der Waals surface area contributed by atoms with E-state index in [1.807, 2.05) is 80.6 Å². The van der Waals surface area contributed by atoms with Crippen LogP contribution in [-0.4, -0.2) is 77.1 Å². The van der Waals surface area contributed by atoms with Gasteiger partial charge in [-0.3, -0.25) is 19.2 Å². The molecule has 1 aliphatic rings. The number of rotatable bonds is 17. The lowest BCUT2D eigenvalue weighted by Gasteiger charge is -2.33. The van der Waals surface area contributed by atoms with Crippen LogP contribution >= 0.6 is 11.3 Å². The van der Waals surface area contributed by atoms with Crippen LogP contribution in [0.1, 0.15) is 84.7 Å². The summed E-state index contributed by atoms with van der Waals surface area (Å²) in [5, 5.41) is 17.0. The molecule has 5 rings (SSSR count). The van der Waals surface area contributed by atoms with Gasteiger partial charge in [0, 0.05) is 43.8 Å². The average molecular weight is 769 g/mol. The Hall–Kier alpha value is -5.56. The van der Waals surface area contributed by atoms with Crippen LogP contribution in [0.25, 0.3) is 11.1 Å². The van der Waals surface area contributed by atoms with Gasteiger partial charge in [0.2, 0.25) is 5.91 Å². The van der Waals surface area contributed by atoms with E-state index in [1.54, 1.807) is 19.4 Å². The van der Waals surface area contributed by atoms with E-state index < -0.39 is 48.0 Å². The first-order valence-electron chi connectivity index (χ1n) is 18.4. The number of thiazole rings is 1. The number of nitrogens with one attached hydrogen (secondary N) is 2. The minimum Gasteiger partial charge on any atom is -0.481 e. The minimum absolute atomic E-state index is 0.0841. The summed E-state index contributed by atoms with van der Waals surface area (Å²) in [6, 6.07) is 24.6. The number of alkyl carbamates (subject to hydrolysis) is 1. The van der Waals surface area contributed by atoms with Gasteiger partial charge >= 0.3 is 18.0 Å². The topological polar surface area (TPSA) is 164 Å². The summed E-state index contributed by atoms with van der Waals surface area (Å²) in [7, 11) is 1.63. The molecule has 0 aliphatic heterocycles. The standard InChI is InChI=1S/C42H48N4O8S/c1-25(2)36(46(5)38(48)22-43-42(52)53-23-34-32-17-11-9-15-30(32)31-16-10-12-18-33(31)34)21-37(54-27(4)47)40-45-35(24-55-40)39(49)44-29(19-26(3)41(50)51)20-28-13-7-6-8-14-28/h6-18,24-26,29,34,36-37H,19-23H2,1-5H3,(H,43,52)(H,44,49)(H,50,51). The van der Waals surface area contributed by atoms with E-state index >= 15 is 0 Å². The Morgan fingerprint density at radius 1 is 0.891 bits per heavy atom. The number of benzene rings is 3. The molecule has 4 atom stereocenters. The Balaban J connectivity index is 1.20. The third-order valence-electron chi connectivity index (χ3n) is 9.90. The highest BCUT2D eigenvalue weighted by molar-refractivity contribution is 7.09. The fourth-order valence-corrected chi connectivity index (χ4v) is 7.86. The second-order valence-electron chi connectivity index (χ2n) is 14.2. The number of esters is 1. The van der Waals surface area contributed by atoms with E-state index in [2.05, 4.69) is 27.8 Å². The van der Waals surface area contributed by atoms with Gasteiger partial charge in [-0.15, -0.1) is 11.3 Å². The number of fused-ring (bicyclic) bond motifs is 3. The van der Waals surface area contributed by atoms with Crippen LogP contribution in [0.2, 0.25) is 0 Å². The summed E-state index contributed by atoms with van der Waals surface area (Å²) in [5.74, 6) is -3.24. The molecule has 4 aromatic rings. The lowest BCUT2D eigenvalue weighted by Crippen LogP contribution is -2.46. The Bertz CT molecular complexity index is 1940. The van der Waals surface area contributed by atoms with E-state index in [0.717, 1.165) is 39.2 Å². The van der Waals surface area contributed by atoms with E-state index in [9.17, 15) is 29.1 Å². The predicted octanol–water partition coefficient (Wildman–Crippen LogP) is 6.61. The number of likely N-dealkylation sites (N-methyl/N-ethyl adjacent to an activating group) is 1. The van der Waals surface area contributed by atoms with E-state index in [-0.39, 0.29) is 49.4 Å². The second-order valence-corrected chi connectivity index (χ2v) is 15.1. The molecule has 0 bridgehead atoms. The molecule has 0 spiro atoms. The van der Waals surface area contributed by atoms with Crippen LogP contribution in [0, 0.1) is 11.8 Å². The molecule has 1 heterocycles. The van der Waals surface area contributed by atoms with Crippen molar-refractivity contribution in [2.75, 3.05) is 20.2 Å². The van der Waals surface area contributed by atoms with Crippen molar-refractivity contribution in [1.29, 1.82) is 0 Å². The molecule has 13 heteroatoms. The van der Waals surface area contributed by atoms with Gasteiger partial charge in [-0.05, 0) is 46.6 Å². The first-order chi connectivity index (χ1) is 26.3. The highest BCUT2D eigenvalue weighted by atomic mass is 32.1. The van der Waals surface area contributed by atoms with Gasteiger partial charge in [0.05, 0.1) is 5.92 Å². The highest BCUT2D eigenvalue weighted by Gasteiger charge is 2.32. The molecule has 3 amide bonds. The number of hydrogen-bond acceptors (Lipinski definition) is 9. The molecule has 3 N–H and O–H groups in total. The van der Waals surface area contributed by atoms with Crippen molar-refractivity contribution < 1.29 is 38.6 Å². The quantitative estimate of drug-likeness (QED) is 0.100. The molecule has 0 fully saturated rings. The van der Waals surface area contributed by atoms with E-state index in [1.165, 1.54) is 11.8 Å². The number of carboxylic acids is 1. The van der Waals surface area contributed by atoms with Crippen molar-refractivity contribution >= 4 is 41.2 Å². The molecule has 55 heavy (non-hydrogen) atoms. The maximum absolute atomic E-state index is 13.4. The zero-order chi connectivity index (χ0) is 39.6. The van der Waals surface area contributed by atoms with Gasteiger partial charge in [-0.25, -0.2) is 9.78 Å². The second kappa shape index (κ2) is 18.7. The van der Waals surface area contributed by atoms with Crippen molar-refractivity contribution in [3.63, 3.8) is 0 Å². The minimum atomic E-state index is -0.955. The normalized spacial score (nSPS) is 14.1. The summed E-state index contributed by atoms with van der Waals surface area (Å²) in [6.45, 7) is 6.56. The SMILES string of the molecule is CC(=O)OC(CC(C(C)C)N(C)C(=O)CNC(=O)OCC1c2ccccc2-c2ccccc21)c1nc(C(=O)NC(Cc2ccccc2)CC(C)C(=O)O)cs1. The van der Waals surface area contributed by atoms with Crippen LogP contribution in [0.5, 0.6) is 0 Å².